The van der Waals surface area contributed by atoms with Gasteiger partial charge in [-0.2, -0.15) is 0 Å². The lowest BCUT2D eigenvalue weighted by Gasteiger charge is -2.37. The second-order valence-corrected chi connectivity index (χ2v) is 7.75. The Hall–Kier alpha value is -1.96. The minimum Gasteiger partial charge on any atom is -0.446 e. The van der Waals surface area contributed by atoms with Crippen LogP contribution in [-0.2, 0) is 4.74 Å². The predicted octanol–water partition coefficient (Wildman–Crippen LogP) is 4.68. The van der Waals surface area contributed by atoms with Crippen molar-refractivity contribution in [2.24, 2.45) is 0 Å². The molecule has 0 spiro atoms. The number of hydrogen-bond acceptors (Lipinski definition) is 4. The van der Waals surface area contributed by atoms with Crippen LogP contribution in [0.15, 0.2) is 59.1 Å². The molecule has 29 heavy (non-hydrogen) atoms. The van der Waals surface area contributed by atoms with Crippen LogP contribution in [0, 0.1) is 5.82 Å². The number of carbonyl (C=O) groups excluding carboxylic acids is 1. The van der Waals surface area contributed by atoms with Gasteiger partial charge >= 0.3 is 6.09 Å². The fraction of sp³-hybridized carbons (Fsp3) is 0.409. The van der Waals surface area contributed by atoms with Gasteiger partial charge in [0.25, 0.3) is 0 Å². The first-order valence-corrected chi connectivity index (χ1v) is 10.5. The van der Waals surface area contributed by atoms with Gasteiger partial charge in [-0.15, -0.1) is 0 Å². The van der Waals surface area contributed by atoms with E-state index in [4.69, 9.17) is 9.84 Å². The molecule has 1 saturated heterocycles. The quantitative estimate of drug-likeness (QED) is 0.646. The monoisotopic (exact) mass is 467 g/mol. The van der Waals surface area contributed by atoms with Gasteiger partial charge in [-0.3, -0.25) is 0 Å². The summed E-state index contributed by atoms with van der Waals surface area (Å²) >= 11 is 3.41. The highest BCUT2D eigenvalue weighted by Crippen LogP contribution is 2.29. The number of benzene rings is 2. The summed E-state index contributed by atoms with van der Waals surface area (Å²) in [5.74, 6) is -0.178. The van der Waals surface area contributed by atoms with Crippen molar-refractivity contribution in [3.8, 4) is 0 Å². The van der Waals surface area contributed by atoms with Crippen LogP contribution in [0.25, 0.3) is 0 Å². The van der Waals surface area contributed by atoms with E-state index in [2.05, 4.69) is 15.9 Å². The van der Waals surface area contributed by atoms with Gasteiger partial charge in [-0.1, -0.05) is 53.2 Å². The first kappa shape index (κ1) is 23.3. The normalized spacial score (nSPS) is 18.3. The maximum Gasteiger partial charge on any atom is 0.410 e. The molecular formula is C22H27BrFNO4. The highest BCUT2D eigenvalue weighted by molar-refractivity contribution is 9.10. The molecular weight excluding hydrogens is 441 g/mol. The SMILES string of the molecule is CCC(c1ccc(Br)cc1)N1CCC(CC(O)CO)OC1=O.Fc1ccccc1. The summed E-state index contributed by atoms with van der Waals surface area (Å²) in [6, 6.07) is 15.9. The van der Waals surface area contributed by atoms with Crippen LogP contribution < -0.4 is 0 Å². The van der Waals surface area contributed by atoms with E-state index < -0.39 is 6.10 Å². The van der Waals surface area contributed by atoms with E-state index in [1.165, 1.54) is 12.1 Å². The molecule has 1 amide bonds. The minimum absolute atomic E-state index is 0.00989. The van der Waals surface area contributed by atoms with E-state index in [1.54, 1.807) is 23.1 Å². The lowest BCUT2D eigenvalue weighted by molar-refractivity contribution is -0.0197. The van der Waals surface area contributed by atoms with Crippen LogP contribution in [0.1, 0.15) is 37.8 Å². The van der Waals surface area contributed by atoms with Crippen molar-refractivity contribution in [2.75, 3.05) is 13.2 Å². The summed E-state index contributed by atoms with van der Waals surface area (Å²) in [5, 5.41) is 18.3. The Morgan fingerprint density at radius 1 is 1.21 bits per heavy atom. The van der Waals surface area contributed by atoms with Gasteiger partial charge < -0.3 is 19.8 Å². The van der Waals surface area contributed by atoms with Crippen molar-refractivity contribution in [1.82, 2.24) is 4.90 Å². The zero-order valence-electron chi connectivity index (χ0n) is 16.4. The third kappa shape index (κ3) is 7.42. The van der Waals surface area contributed by atoms with Crippen molar-refractivity contribution in [3.05, 3.63) is 70.5 Å². The van der Waals surface area contributed by atoms with Crippen LogP contribution in [0.2, 0.25) is 0 Å². The Labute approximate surface area is 179 Å². The molecule has 3 atom stereocenters. The number of cyclic esters (lactones) is 1. The van der Waals surface area contributed by atoms with E-state index in [1.807, 2.05) is 31.2 Å². The van der Waals surface area contributed by atoms with E-state index in [0.29, 0.717) is 13.0 Å². The standard InChI is InChI=1S/C16H22BrNO4.C6H5F/c1-2-15(11-3-5-12(17)6-4-11)18-8-7-14(22-16(18)21)9-13(20)10-19;7-6-4-2-1-3-5-6/h3-6,13-15,19-20H,2,7-10H2,1H3;1-5H. The number of amides is 1. The Morgan fingerprint density at radius 3 is 2.34 bits per heavy atom. The molecule has 0 bridgehead atoms. The van der Waals surface area contributed by atoms with Crippen molar-refractivity contribution < 1.29 is 24.1 Å². The zero-order chi connectivity index (χ0) is 21.2. The average molecular weight is 468 g/mol. The smallest absolute Gasteiger partial charge is 0.410 e. The molecule has 2 N–H and O–H groups in total. The van der Waals surface area contributed by atoms with Gasteiger partial charge in [-0.05, 0) is 36.2 Å². The Bertz CT molecular complexity index is 744. The number of carbonyl (C=O) groups is 1. The maximum atomic E-state index is 12.3. The van der Waals surface area contributed by atoms with Gasteiger partial charge in [0.2, 0.25) is 0 Å². The molecule has 158 valence electrons. The van der Waals surface area contributed by atoms with Crippen LogP contribution in [-0.4, -0.2) is 46.6 Å². The van der Waals surface area contributed by atoms with Crippen molar-refractivity contribution in [3.63, 3.8) is 0 Å². The number of hydrogen-bond donors (Lipinski definition) is 2. The number of rotatable bonds is 6. The first-order valence-electron chi connectivity index (χ1n) is 9.66. The van der Waals surface area contributed by atoms with E-state index >= 15 is 0 Å². The van der Waals surface area contributed by atoms with Crippen LogP contribution in [0.3, 0.4) is 0 Å². The lowest BCUT2D eigenvalue weighted by Crippen LogP contribution is -2.44. The third-order valence-corrected chi connectivity index (χ3v) is 5.22. The van der Waals surface area contributed by atoms with Gasteiger partial charge in [0.05, 0.1) is 18.8 Å². The first-order chi connectivity index (χ1) is 13.9. The van der Waals surface area contributed by atoms with Gasteiger partial charge in [0.1, 0.15) is 11.9 Å². The van der Waals surface area contributed by atoms with Crippen molar-refractivity contribution in [2.45, 2.75) is 44.4 Å². The largest absolute Gasteiger partial charge is 0.446 e. The summed E-state index contributed by atoms with van der Waals surface area (Å²) in [5.41, 5.74) is 1.08. The average Bonchev–Trinajstić information content (AvgIpc) is 2.72. The minimum atomic E-state index is -0.835. The molecule has 3 rings (SSSR count). The molecule has 1 heterocycles. The molecule has 0 saturated carbocycles. The Kier molecular flexibility index (Phi) is 9.57. The van der Waals surface area contributed by atoms with E-state index in [-0.39, 0.29) is 37.1 Å². The third-order valence-electron chi connectivity index (χ3n) is 4.69. The summed E-state index contributed by atoms with van der Waals surface area (Å²) < 4.78 is 18.3. The topological polar surface area (TPSA) is 70.0 Å². The second kappa shape index (κ2) is 11.9. The fourth-order valence-corrected chi connectivity index (χ4v) is 3.47. The number of aliphatic hydroxyl groups is 2. The lowest BCUT2D eigenvalue weighted by atomic mass is 10.0. The van der Waals surface area contributed by atoms with Crippen LogP contribution in [0.4, 0.5) is 9.18 Å². The number of halogens is 2. The summed E-state index contributed by atoms with van der Waals surface area (Å²) in [4.78, 5) is 14.0. The molecule has 3 unspecified atom stereocenters. The molecule has 1 aliphatic heterocycles. The molecule has 7 heteroatoms. The summed E-state index contributed by atoms with van der Waals surface area (Å²) in [7, 11) is 0. The number of aliphatic hydroxyl groups excluding tert-OH is 2. The van der Waals surface area contributed by atoms with Gasteiger partial charge in [0, 0.05) is 23.9 Å². The van der Waals surface area contributed by atoms with Gasteiger partial charge in [-0.25, -0.2) is 9.18 Å². The van der Waals surface area contributed by atoms with E-state index in [0.717, 1.165) is 16.5 Å². The van der Waals surface area contributed by atoms with Gasteiger partial charge in [0.15, 0.2) is 0 Å². The molecule has 0 aliphatic carbocycles. The summed E-state index contributed by atoms with van der Waals surface area (Å²) in [6.45, 7) is 2.33. The fourth-order valence-electron chi connectivity index (χ4n) is 3.21. The highest BCUT2D eigenvalue weighted by Gasteiger charge is 2.33. The van der Waals surface area contributed by atoms with E-state index in [9.17, 15) is 14.3 Å². The van der Waals surface area contributed by atoms with Crippen LogP contribution >= 0.6 is 15.9 Å². The molecule has 0 radical (unpaired) electrons. The van der Waals surface area contributed by atoms with Crippen molar-refractivity contribution >= 4 is 22.0 Å². The molecule has 2 aromatic carbocycles. The molecule has 1 fully saturated rings. The van der Waals surface area contributed by atoms with Crippen molar-refractivity contribution in [1.29, 1.82) is 0 Å². The Morgan fingerprint density at radius 2 is 1.86 bits per heavy atom. The van der Waals surface area contributed by atoms with Crippen LogP contribution in [0.5, 0.6) is 0 Å². The zero-order valence-corrected chi connectivity index (χ0v) is 18.0. The molecule has 2 aromatic rings. The second-order valence-electron chi connectivity index (χ2n) is 6.83. The molecule has 1 aliphatic rings. The Balaban J connectivity index is 0.000000360. The molecule has 0 aromatic heterocycles. The predicted molar refractivity (Wildman–Crippen MR) is 113 cm³/mol. The maximum absolute atomic E-state index is 12.3. The number of ether oxygens (including phenoxy) is 1. The highest BCUT2D eigenvalue weighted by atomic mass is 79.9. The molecule has 5 nitrogen and oxygen atoms in total. The summed E-state index contributed by atoms with van der Waals surface area (Å²) in [6.07, 6.45) is 0.240. The number of nitrogens with zero attached hydrogens (tertiary/aromatic N) is 1.